The van der Waals surface area contributed by atoms with Gasteiger partial charge in [0.1, 0.15) is 6.04 Å². The van der Waals surface area contributed by atoms with Crippen LogP contribution in [-0.4, -0.2) is 30.0 Å². The van der Waals surface area contributed by atoms with Crippen LogP contribution in [0.3, 0.4) is 0 Å². The monoisotopic (exact) mass is 174 g/mol. The topological polar surface area (TPSA) is 27.0 Å². The summed E-state index contributed by atoms with van der Waals surface area (Å²) >= 11 is 0. The van der Waals surface area contributed by atoms with Crippen molar-refractivity contribution in [3.8, 4) is 6.07 Å². The molecule has 12 heavy (non-hydrogen) atoms. The lowest BCUT2D eigenvalue weighted by Gasteiger charge is -2.42. The molecule has 1 atom stereocenters. The summed E-state index contributed by atoms with van der Waals surface area (Å²) < 4.78 is 24.8. The summed E-state index contributed by atoms with van der Waals surface area (Å²) in [6.07, 6.45) is 0. The lowest BCUT2D eigenvalue weighted by atomic mass is 9.99. The van der Waals surface area contributed by atoms with Crippen LogP contribution in [0.2, 0.25) is 0 Å². The average Bonchev–Trinajstić information content (AvgIpc) is 1.84. The Bertz CT molecular complexity index is 200. The highest BCUT2D eigenvalue weighted by molar-refractivity contribution is 5.01. The smallest absolute Gasteiger partial charge is 0.273 e. The van der Waals surface area contributed by atoms with E-state index in [9.17, 15) is 8.78 Å². The molecule has 0 aromatic heterocycles. The predicted octanol–water partition coefficient (Wildman–Crippen LogP) is 1.49. The second kappa shape index (κ2) is 2.98. The Balaban J connectivity index is 2.46. The fraction of sp³-hybridized carbons (Fsp3) is 0.875. The Labute approximate surface area is 70.8 Å². The van der Waals surface area contributed by atoms with Gasteiger partial charge in [0, 0.05) is 0 Å². The van der Waals surface area contributed by atoms with Gasteiger partial charge in [-0.2, -0.15) is 5.26 Å². The van der Waals surface area contributed by atoms with Gasteiger partial charge >= 0.3 is 0 Å². The second-order valence-electron chi connectivity index (χ2n) is 3.58. The number of hydrogen-bond acceptors (Lipinski definition) is 2. The molecule has 1 heterocycles. The summed E-state index contributed by atoms with van der Waals surface area (Å²) in [4.78, 5) is 1.52. The van der Waals surface area contributed by atoms with Crippen molar-refractivity contribution in [1.82, 2.24) is 4.90 Å². The van der Waals surface area contributed by atoms with Gasteiger partial charge in [-0.1, -0.05) is 13.8 Å². The highest BCUT2D eigenvalue weighted by Crippen LogP contribution is 2.30. The van der Waals surface area contributed by atoms with Crippen molar-refractivity contribution < 1.29 is 8.78 Å². The number of halogens is 2. The molecule has 0 N–H and O–H groups in total. The first-order chi connectivity index (χ1) is 5.46. The zero-order valence-electron chi connectivity index (χ0n) is 7.22. The molecule has 1 unspecified atom stereocenters. The molecule has 68 valence electrons. The van der Waals surface area contributed by atoms with Crippen LogP contribution in [0.25, 0.3) is 0 Å². The van der Waals surface area contributed by atoms with Crippen LogP contribution >= 0.6 is 0 Å². The summed E-state index contributed by atoms with van der Waals surface area (Å²) in [7, 11) is 0. The van der Waals surface area contributed by atoms with E-state index in [2.05, 4.69) is 0 Å². The second-order valence-corrected chi connectivity index (χ2v) is 3.58. The van der Waals surface area contributed by atoms with E-state index < -0.39 is 5.92 Å². The van der Waals surface area contributed by atoms with E-state index >= 15 is 0 Å². The van der Waals surface area contributed by atoms with E-state index in [1.807, 2.05) is 19.9 Å². The van der Waals surface area contributed by atoms with Gasteiger partial charge in [0.05, 0.1) is 19.2 Å². The molecule has 0 amide bonds. The van der Waals surface area contributed by atoms with Crippen LogP contribution in [0, 0.1) is 17.2 Å². The average molecular weight is 174 g/mol. The Kier molecular flexibility index (Phi) is 2.34. The van der Waals surface area contributed by atoms with Gasteiger partial charge < -0.3 is 0 Å². The zero-order valence-corrected chi connectivity index (χ0v) is 7.22. The molecule has 1 saturated heterocycles. The highest BCUT2D eigenvalue weighted by Gasteiger charge is 2.47. The maximum atomic E-state index is 12.4. The third-order valence-corrected chi connectivity index (χ3v) is 2.03. The van der Waals surface area contributed by atoms with Crippen LogP contribution in [-0.2, 0) is 0 Å². The van der Waals surface area contributed by atoms with E-state index in [-0.39, 0.29) is 25.0 Å². The lowest BCUT2D eigenvalue weighted by Crippen LogP contribution is -2.60. The van der Waals surface area contributed by atoms with Crippen LogP contribution in [0.5, 0.6) is 0 Å². The third kappa shape index (κ3) is 1.72. The first kappa shape index (κ1) is 9.40. The fourth-order valence-electron chi connectivity index (χ4n) is 1.40. The van der Waals surface area contributed by atoms with Crippen molar-refractivity contribution in [1.29, 1.82) is 5.26 Å². The molecule has 2 nitrogen and oxygen atoms in total. The minimum Gasteiger partial charge on any atom is -0.276 e. The van der Waals surface area contributed by atoms with Crippen molar-refractivity contribution >= 4 is 0 Å². The fourth-order valence-corrected chi connectivity index (χ4v) is 1.40. The van der Waals surface area contributed by atoms with Gasteiger partial charge in [-0.05, 0) is 5.92 Å². The molecule has 1 fully saturated rings. The quantitative estimate of drug-likeness (QED) is 0.634. The third-order valence-electron chi connectivity index (χ3n) is 2.03. The molecule has 1 rings (SSSR count). The molecular weight excluding hydrogens is 162 g/mol. The molecule has 0 bridgehead atoms. The van der Waals surface area contributed by atoms with Gasteiger partial charge in [0.25, 0.3) is 5.92 Å². The summed E-state index contributed by atoms with van der Waals surface area (Å²) in [5.74, 6) is -2.45. The first-order valence-corrected chi connectivity index (χ1v) is 3.98. The minimum atomic E-state index is -2.57. The molecule has 0 radical (unpaired) electrons. The first-order valence-electron chi connectivity index (χ1n) is 3.98. The Morgan fingerprint density at radius 1 is 1.42 bits per heavy atom. The molecule has 0 aromatic carbocycles. The maximum Gasteiger partial charge on any atom is 0.273 e. The minimum absolute atomic E-state index is 0.117. The maximum absolute atomic E-state index is 12.4. The number of alkyl halides is 2. The Hall–Kier alpha value is -0.690. The summed E-state index contributed by atoms with van der Waals surface area (Å²) in [5.41, 5.74) is 0. The number of nitrogens with zero attached hydrogens (tertiary/aromatic N) is 2. The van der Waals surface area contributed by atoms with Crippen LogP contribution < -0.4 is 0 Å². The van der Waals surface area contributed by atoms with E-state index in [1.165, 1.54) is 4.90 Å². The highest BCUT2D eigenvalue weighted by atomic mass is 19.3. The Morgan fingerprint density at radius 3 is 2.17 bits per heavy atom. The molecule has 0 aromatic rings. The van der Waals surface area contributed by atoms with Gasteiger partial charge in [-0.3, -0.25) is 4.90 Å². The van der Waals surface area contributed by atoms with Gasteiger partial charge in [0.2, 0.25) is 0 Å². The molecule has 0 saturated carbocycles. The van der Waals surface area contributed by atoms with Crippen molar-refractivity contribution in [3.05, 3.63) is 0 Å². The number of likely N-dealkylation sites (tertiary alicyclic amines) is 1. The van der Waals surface area contributed by atoms with Crippen molar-refractivity contribution in [3.63, 3.8) is 0 Å². The normalized spacial score (nSPS) is 24.7. The van der Waals surface area contributed by atoms with E-state index in [4.69, 9.17) is 5.26 Å². The molecule has 0 aliphatic carbocycles. The summed E-state index contributed by atoms with van der Waals surface area (Å²) in [5, 5.41) is 8.67. The standard InChI is InChI=1S/C8H12F2N2/c1-6(2)7(3-11)12-4-8(9,10)5-12/h6-7H,4-5H2,1-2H3. The van der Waals surface area contributed by atoms with Gasteiger partial charge in [-0.15, -0.1) is 0 Å². The SMILES string of the molecule is CC(C)C(C#N)N1CC(F)(F)C1. The van der Waals surface area contributed by atoms with Crippen molar-refractivity contribution in [2.24, 2.45) is 5.92 Å². The molecular formula is C8H12F2N2. The molecule has 1 aliphatic heterocycles. The molecule has 0 spiro atoms. The van der Waals surface area contributed by atoms with Crippen molar-refractivity contribution in [2.45, 2.75) is 25.8 Å². The van der Waals surface area contributed by atoms with E-state index in [1.54, 1.807) is 0 Å². The molecule has 4 heteroatoms. The zero-order chi connectivity index (χ0) is 9.35. The van der Waals surface area contributed by atoms with E-state index in [0.29, 0.717) is 0 Å². The van der Waals surface area contributed by atoms with Crippen LogP contribution in [0.1, 0.15) is 13.8 Å². The molecule has 1 aliphatic rings. The predicted molar refractivity (Wildman–Crippen MR) is 40.8 cm³/mol. The van der Waals surface area contributed by atoms with Crippen LogP contribution in [0.4, 0.5) is 8.78 Å². The number of rotatable bonds is 2. The lowest BCUT2D eigenvalue weighted by molar-refractivity contribution is -0.143. The van der Waals surface area contributed by atoms with Crippen LogP contribution in [0.15, 0.2) is 0 Å². The van der Waals surface area contributed by atoms with Gasteiger partial charge in [-0.25, -0.2) is 8.78 Å². The Morgan fingerprint density at radius 2 is 1.92 bits per heavy atom. The summed E-state index contributed by atoms with van der Waals surface area (Å²) in [6, 6.07) is 1.68. The summed E-state index contributed by atoms with van der Waals surface area (Å²) in [6.45, 7) is 3.21. The van der Waals surface area contributed by atoms with E-state index in [0.717, 1.165) is 0 Å². The van der Waals surface area contributed by atoms with Gasteiger partial charge in [0.15, 0.2) is 0 Å². The largest absolute Gasteiger partial charge is 0.276 e. The number of hydrogen-bond donors (Lipinski definition) is 0. The van der Waals surface area contributed by atoms with Crippen molar-refractivity contribution in [2.75, 3.05) is 13.1 Å². The number of nitriles is 1.